The maximum absolute atomic E-state index is 7.00. The van der Waals surface area contributed by atoms with Crippen molar-refractivity contribution in [1.82, 2.24) is 0 Å². The third-order valence-electron chi connectivity index (χ3n) is 0.586. The summed E-state index contributed by atoms with van der Waals surface area (Å²) >= 11 is 0. The molecule has 0 aromatic rings. The van der Waals surface area contributed by atoms with Crippen molar-refractivity contribution in [3.63, 3.8) is 0 Å². The van der Waals surface area contributed by atoms with Crippen molar-refractivity contribution in [3.8, 4) is 0 Å². The molecule has 2 N–H and O–H groups in total. The van der Waals surface area contributed by atoms with Crippen LogP contribution in [-0.2, 0) is 26.2 Å². The van der Waals surface area contributed by atoms with Crippen LogP contribution in [-0.4, -0.2) is 24.4 Å². The van der Waals surface area contributed by atoms with Gasteiger partial charge in [0.15, 0.2) is 0 Å². The van der Waals surface area contributed by atoms with Gasteiger partial charge in [-0.15, -0.1) is 18.8 Å². The Morgan fingerprint density at radius 2 is 1.64 bits per heavy atom. The number of aliphatic hydroxyl groups is 2. The van der Waals surface area contributed by atoms with E-state index in [9.17, 15) is 0 Å². The van der Waals surface area contributed by atoms with Gasteiger partial charge in [0.05, 0.1) is 0 Å². The first-order chi connectivity index (χ1) is 4.50. The van der Waals surface area contributed by atoms with Crippen LogP contribution in [0.15, 0.2) is 18.2 Å². The minimum atomic E-state index is 0. The first-order valence-corrected chi connectivity index (χ1v) is 2.61. The van der Waals surface area contributed by atoms with Gasteiger partial charge >= 0.3 is 0 Å². The Labute approximate surface area is 93.5 Å². The van der Waals surface area contributed by atoms with Crippen LogP contribution in [0.5, 0.6) is 0 Å². The maximum Gasteiger partial charge on any atom is 0.0319 e. The van der Waals surface area contributed by atoms with E-state index in [1.54, 1.807) is 0 Å². The molecule has 0 saturated heterocycles. The standard InChI is InChI=1S/C5H5.2CH4O.ClH.Zr/c1-2-4-5-3-1;2*1-2;;/h1-3H,4H2;2*2H,1H3;1H;/q-1;;;;. The SMILES string of the molecule is CO.CO.Cl.[C-]1=CC=CC1.[Zr]. The van der Waals surface area contributed by atoms with Crippen LogP contribution in [0.2, 0.25) is 0 Å². The molecule has 0 aromatic heterocycles. The molecule has 0 aromatic carbocycles. The summed E-state index contributed by atoms with van der Waals surface area (Å²) in [5.41, 5.74) is 0. The number of allylic oxidation sites excluding steroid dienone is 4. The molecule has 0 fully saturated rings. The summed E-state index contributed by atoms with van der Waals surface area (Å²) < 4.78 is 0. The van der Waals surface area contributed by atoms with Crippen LogP contribution in [0, 0.1) is 6.08 Å². The van der Waals surface area contributed by atoms with Gasteiger partial charge in [-0.25, -0.2) is 12.2 Å². The van der Waals surface area contributed by atoms with Gasteiger partial charge in [0.1, 0.15) is 0 Å². The van der Waals surface area contributed by atoms with Crippen molar-refractivity contribution in [2.45, 2.75) is 6.42 Å². The quantitative estimate of drug-likeness (QED) is 0.634. The fourth-order valence-electron chi connectivity index (χ4n) is 0.340. The van der Waals surface area contributed by atoms with E-state index in [0.29, 0.717) is 0 Å². The molecule has 0 heterocycles. The van der Waals surface area contributed by atoms with Gasteiger partial charge < -0.3 is 10.2 Å². The van der Waals surface area contributed by atoms with E-state index in [-0.39, 0.29) is 38.6 Å². The Kier molecular flexibility index (Phi) is 64.0. The summed E-state index contributed by atoms with van der Waals surface area (Å²) in [5, 5.41) is 14.0. The van der Waals surface area contributed by atoms with E-state index in [1.807, 2.05) is 12.2 Å². The molecule has 0 saturated carbocycles. The summed E-state index contributed by atoms with van der Waals surface area (Å²) in [6, 6.07) is 0. The van der Waals surface area contributed by atoms with E-state index < -0.39 is 0 Å². The van der Waals surface area contributed by atoms with E-state index in [1.165, 1.54) is 0 Å². The molecule has 1 rings (SSSR count). The molecule has 1 aliphatic carbocycles. The zero-order valence-electron chi connectivity index (χ0n) is 6.74. The van der Waals surface area contributed by atoms with Crippen LogP contribution in [0.3, 0.4) is 0 Å². The second-order valence-corrected chi connectivity index (χ2v) is 1.00. The fourth-order valence-corrected chi connectivity index (χ4v) is 0.340. The molecule has 0 bridgehead atoms. The number of rotatable bonds is 0. The van der Waals surface area contributed by atoms with Crippen LogP contribution in [0.1, 0.15) is 6.42 Å². The van der Waals surface area contributed by atoms with E-state index in [2.05, 4.69) is 12.2 Å². The molecule has 0 spiro atoms. The van der Waals surface area contributed by atoms with Crippen molar-refractivity contribution in [2.24, 2.45) is 0 Å². The smallest absolute Gasteiger partial charge is 0.0319 e. The molecule has 4 heteroatoms. The first-order valence-electron chi connectivity index (χ1n) is 2.61. The average Bonchev–Trinajstić information content (AvgIpc) is 2.51. The van der Waals surface area contributed by atoms with Crippen molar-refractivity contribution in [2.75, 3.05) is 14.2 Å². The van der Waals surface area contributed by atoms with Gasteiger partial charge in [-0.2, -0.15) is 6.08 Å². The van der Waals surface area contributed by atoms with E-state index in [4.69, 9.17) is 10.2 Å². The normalized spacial score (nSPS) is 9.09. The predicted octanol–water partition coefficient (Wildman–Crippen LogP) is 0.942. The second-order valence-electron chi connectivity index (χ2n) is 1.00. The summed E-state index contributed by atoms with van der Waals surface area (Å²) in [6.07, 6.45) is 10.0. The number of aliphatic hydroxyl groups excluding tert-OH is 2. The molecular formula is C7H14ClO2Zr-. The van der Waals surface area contributed by atoms with Crippen LogP contribution in [0.25, 0.3) is 0 Å². The Bertz CT molecular complexity index is 74.5. The summed E-state index contributed by atoms with van der Waals surface area (Å²) in [7, 11) is 2.00. The number of hydrogen-bond donors (Lipinski definition) is 2. The van der Waals surface area contributed by atoms with Crippen LogP contribution in [0.4, 0.5) is 0 Å². The van der Waals surface area contributed by atoms with Gasteiger partial charge in [-0.3, -0.25) is 6.08 Å². The van der Waals surface area contributed by atoms with Gasteiger partial charge in [-0.1, -0.05) is 0 Å². The first kappa shape index (κ1) is 22.6. The number of halogens is 1. The van der Waals surface area contributed by atoms with Gasteiger partial charge in [-0.05, 0) is 0 Å². The molecule has 0 atom stereocenters. The van der Waals surface area contributed by atoms with Crippen molar-refractivity contribution in [1.29, 1.82) is 0 Å². The van der Waals surface area contributed by atoms with Crippen LogP contribution >= 0.6 is 12.4 Å². The van der Waals surface area contributed by atoms with Crippen molar-refractivity contribution in [3.05, 3.63) is 24.3 Å². The minimum Gasteiger partial charge on any atom is -0.400 e. The molecular weight excluding hydrogens is 243 g/mol. The minimum absolute atomic E-state index is 0. The Balaban J connectivity index is -0.0000000369. The predicted molar refractivity (Wildman–Crippen MR) is 45.1 cm³/mol. The van der Waals surface area contributed by atoms with E-state index in [0.717, 1.165) is 20.6 Å². The number of hydrogen-bond acceptors (Lipinski definition) is 2. The average molecular weight is 257 g/mol. The zero-order valence-corrected chi connectivity index (χ0v) is 10.0. The fraction of sp³-hybridized carbons (Fsp3) is 0.429. The second kappa shape index (κ2) is 31.2. The van der Waals surface area contributed by atoms with E-state index >= 15 is 0 Å². The molecule has 0 amide bonds. The van der Waals surface area contributed by atoms with Gasteiger partial charge in [0.25, 0.3) is 0 Å². The monoisotopic (exact) mass is 255 g/mol. The topological polar surface area (TPSA) is 40.5 Å². The summed E-state index contributed by atoms with van der Waals surface area (Å²) in [6.45, 7) is 0. The molecule has 0 radical (unpaired) electrons. The van der Waals surface area contributed by atoms with Crippen LogP contribution < -0.4 is 0 Å². The van der Waals surface area contributed by atoms with Gasteiger partial charge in [0, 0.05) is 40.4 Å². The third-order valence-corrected chi connectivity index (χ3v) is 0.586. The summed E-state index contributed by atoms with van der Waals surface area (Å²) in [5.74, 6) is 0. The molecule has 0 unspecified atom stereocenters. The maximum atomic E-state index is 7.00. The molecule has 66 valence electrons. The Hall–Kier alpha value is 0.573. The molecule has 0 aliphatic heterocycles. The Morgan fingerprint density at radius 3 is 1.73 bits per heavy atom. The van der Waals surface area contributed by atoms with Crippen molar-refractivity contribution >= 4 is 12.4 Å². The Morgan fingerprint density at radius 1 is 1.18 bits per heavy atom. The van der Waals surface area contributed by atoms with Gasteiger partial charge in [0.2, 0.25) is 0 Å². The van der Waals surface area contributed by atoms with Crippen molar-refractivity contribution < 1.29 is 36.4 Å². The zero-order chi connectivity index (χ0) is 7.54. The molecule has 2 nitrogen and oxygen atoms in total. The largest absolute Gasteiger partial charge is 0.400 e. The summed E-state index contributed by atoms with van der Waals surface area (Å²) in [4.78, 5) is 0. The third kappa shape index (κ3) is 25.0. The molecule has 1 aliphatic rings. The molecule has 11 heavy (non-hydrogen) atoms.